The number of methoxy groups -OCH3 is 1. The zero-order chi connectivity index (χ0) is 15.5. The smallest absolute Gasteiger partial charge is 0.129 e. The Labute approximate surface area is 128 Å². The summed E-state index contributed by atoms with van der Waals surface area (Å²) in [4.78, 5) is 10.4. The van der Waals surface area contributed by atoms with Crippen LogP contribution in [0.4, 0.5) is 0 Å². The Bertz CT molecular complexity index is 358. The molecule has 20 heavy (non-hydrogen) atoms. The standard InChI is InChI=1S/C12H25BNO4PS/c1-7(2)17-6-9-10(11(16-5)12(13)18-9)14-19(15,20)8(3)4/h7-12H,6H2,1-5H3,(H2,14,15,20)/t9-,10?,11?,12-,19?/m1/s1. The van der Waals surface area contributed by atoms with Gasteiger partial charge in [-0.05, 0) is 13.8 Å². The minimum absolute atomic E-state index is 0.0292. The first-order valence-corrected chi connectivity index (χ1v) is 9.67. The van der Waals surface area contributed by atoms with Crippen molar-refractivity contribution < 1.29 is 19.1 Å². The molecule has 3 unspecified atom stereocenters. The molecule has 116 valence electrons. The van der Waals surface area contributed by atoms with Gasteiger partial charge in [0.2, 0.25) is 0 Å². The van der Waals surface area contributed by atoms with Crippen LogP contribution < -0.4 is 5.09 Å². The van der Waals surface area contributed by atoms with Gasteiger partial charge in [0.15, 0.2) is 0 Å². The summed E-state index contributed by atoms with van der Waals surface area (Å²) in [5.41, 5.74) is -0.0292. The van der Waals surface area contributed by atoms with E-state index < -0.39 is 12.4 Å². The number of hydrogen-bond donors (Lipinski definition) is 2. The molecule has 0 aromatic heterocycles. The molecular weight excluding hydrogens is 296 g/mol. The Balaban J connectivity index is 2.80. The van der Waals surface area contributed by atoms with Gasteiger partial charge < -0.3 is 19.1 Å². The van der Waals surface area contributed by atoms with Gasteiger partial charge in [-0.3, -0.25) is 5.09 Å². The Kier molecular flexibility index (Phi) is 7.13. The third kappa shape index (κ3) is 4.77. The van der Waals surface area contributed by atoms with Crippen LogP contribution in [-0.4, -0.2) is 62.5 Å². The Hall–Kier alpha value is 0.515. The highest BCUT2D eigenvalue weighted by Crippen LogP contribution is 2.44. The van der Waals surface area contributed by atoms with Gasteiger partial charge in [-0.1, -0.05) is 25.7 Å². The molecule has 1 saturated heterocycles. The third-order valence-corrected chi connectivity index (χ3v) is 6.96. The van der Waals surface area contributed by atoms with Gasteiger partial charge in [-0.25, -0.2) is 0 Å². The van der Waals surface area contributed by atoms with Crippen LogP contribution in [0.3, 0.4) is 0 Å². The van der Waals surface area contributed by atoms with E-state index >= 15 is 0 Å². The third-order valence-electron chi connectivity index (χ3n) is 3.31. The fraction of sp³-hybridized carbons (Fsp3) is 1.00. The molecule has 0 aromatic carbocycles. The number of hydrogen-bond acceptors (Lipinski definition) is 4. The van der Waals surface area contributed by atoms with Crippen molar-refractivity contribution in [2.45, 2.75) is 63.7 Å². The zero-order valence-corrected chi connectivity index (χ0v) is 14.5. The molecule has 1 heterocycles. The molecule has 1 aliphatic heterocycles. The summed E-state index contributed by atoms with van der Waals surface area (Å²) in [6.07, 6.45) is -3.21. The second-order valence-electron chi connectivity index (χ2n) is 5.59. The van der Waals surface area contributed by atoms with E-state index in [1.807, 2.05) is 27.7 Å². The van der Waals surface area contributed by atoms with Gasteiger partial charge in [0.1, 0.15) is 14.3 Å². The first kappa shape index (κ1) is 18.6. The van der Waals surface area contributed by atoms with E-state index in [0.717, 1.165) is 0 Å². The fourth-order valence-electron chi connectivity index (χ4n) is 2.01. The lowest BCUT2D eigenvalue weighted by Gasteiger charge is -2.30. The highest BCUT2D eigenvalue weighted by Gasteiger charge is 2.44. The van der Waals surface area contributed by atoms with E-state index in [0.29, 0.717) is 6.61 Å². The monoisotopic (exact) mass is 321 g/mol. The summed E-state index contributed by atoms with van der Waals surface area (Å²) in [6.45, 7) is 8.08. The zero-order valence-electron chi connectivity index (χ0n) is 12.8. The van der Waals surface area contributed by atoms with Gasteiger partial charge in [-0.15, -0.1) is 0 Å². The molecule has 0 aliphatic carbocycles. The SMILES string of the molecule is [B][C@@H]1O[C@H](COC(C)C)C(NP(O)(=S)C(C)C)C1OC. The van der Waals surface area contributed by atoms with E-state index in [9.17, 15) is 4.89 Å². The van der Waals surface area contributed by atoms with Crippen molar-refractivity contribution in [1.29, 1.82) is 0 Å². The van der Waals surface area contributed by atoms with Gasteiger partial charge in [0, 0.05) is 18.8 Å². The minimum atomic E-state index is -2.66. The van der Waals surface area contributed by atoms with Crippen LogP contribution in [0.5, 0.6) is 0 Å². The van der Waals surface area contributed by atoms with Gasteiger partial charge in [0.05, 0.1) is 31.0 Å². The molecule has 0 bridgehead atoms. The molecule has 0 amide bonds. The molecule has 5 atom stereocenters. The Morgan fingerprint density at radius 1 is 1.40 bits per heavy atom. The highest BCUT2D eigenvalue weighted by molar-refractivity contribution is 8.11. The van der Waals surface area contributed by atoms with Crippen molar-refractivity contribution in [3.05, 3.63) is 0 Å². The molecule has 0 saturated carbocycles. The van der Waals surface area contributed by atoms with Gasteiger partial charge in [-0.2, -0.15) is 0 Å². The first-order valence-electron chi connectivity index (χ1n) is 6.84. The molecule has 0 spiro atoms. The summed E-state index contributed by atoms with van der Waals surface area (Å²) < 4.78 is 16.7. The molecule has 0 aromatic rings. The number of ether oxygens (including phenoxy) is 3. The summed E-state index contributed by atoms with van der Waals surface area (Å²) >= 11 is 5.29. The average molecular weight is 321 g/mol. The maximum absolute atomic E-state index is 10.4. The topological polar surface area (TPSA) is 60.0 Å². The lowest BCUT2D eigenvalue weighted by atomic mass is 9.92. The summed E-state index contributed by atoms with van der Waals surface area (Å²) in [6, 6.07) is -0.826. The molecular formula is C12H25BNO4PS. The molecule has 8 heteroatoms. The predicted octanol–water partition coefficient (Wildman–Crippen LogP) is 0.988. The Morgan fingerprint density at radius 3 is 2.45 bits per heavy atom. The second kappa shape index (κ2) is 7.68. The van der Waals surface area contributed by atoms with Crippen LogP contribution in [0.15, 0.2) is 0 Å². The quantitative estimate of drug-likeness (QED) is 0.539. The van der Waals surface area contributed by atoms with Crippen LogP contribution in [-0.2, 0) is 26.0 Å². The molecule has 2 radical (unpaired) electrons. The average Bonchev–Trinajstić information content (AvgIpc) is 2.61. The summed E-state index contributed by atoms with van der Waals surface area (Å²) in [5, 5.41) is 3.13. The van der Waals surface area contributed by atoms with Crippen molar-refractivity contribution in [1.82, 2.24) is 5.09 Å². The van der Waals surface area contributed by atoms with Gasteiger partial charge >= 0.3 is 0 Å². The summed E-state index contributed by atoms with van der Waals surface area (Å²) in [5.74, 6) is 0. The van der Waals surface area contributed by atoms with Crippen LogP contribution in [0.1, 0.15) is 27.7 Å². The van der Waals surface area contributed by atoms with E-state index in [1.165, 1.54) is 0 Å². The van der Waals surface area contributed by atoms with Gasteiger partial charge in [0.25, 0.3) is 0 Å². The van der Waals surface area contributed by atoms with E-state index in [4.69, 9.17) is 33.9 Å². The molecule has 5 nitrogen and oxygen atoms in total. The van der Waals surface area contributed by atoms with Crippen LogP contribution in [0.25, 0.3) is 0 Å². The minimum Gasteiger partial charge on any atom is -0.378 e. The van der Waals surface area contributed by atoms with E-state index in [-0.39, 0.29) is 30.0 Å². The maximum atomic E-state index is 10.4. The fourth-order valence-corrected chi connectivity index (χ4v) is 3.41. The van der Waals surface area contributed by atoms with Crippen molar-refractivity contribution >= 4 is 26.1 Å². The Morgan fingerprint density at radius 2 is 2.00 bits per heavy atom. The molecule has 1 rings (SSSR count). The second-order valence-corrected chi connectivity index (χ2v) is 9.80. The largest absolute Gasteiger partial charge is 0.378 e. The normalized spacial score (nSPS) is 33.8. The van der Waals surface area contributed by atoms with Crippen molar-refractivity contribution in [3.8, 4) is 0 Å². The predicted molar refractivity (Wildman–Crippen MR) is 84.9 cm³/mol. The number of rotatable bonds is 7. The van der Waals surface area contributed by atoms with Crippen molar-refractivity contribution in [2.24, 2.45) is 0 Å². The van der Waals surface area contributed by atoms with Crippen LogP contribution in [0.2, 0.25) is 0 Å². The summed E-state index contributed by atoms with van der Waals surface area (Å²) in [7, 11) is 7.50. The van der Waals surface area contributed by atoms with E-state index in [1.54, 1.807) is 7.11 Å². The molecule has 2 N–H and O–H groups in total. The lowest BCUT2D eigenvalue weighted by Crippen LogP contribution is -2.46. The van der Waals surface area contributed by atoms with Crippen LogP contribution in [0, 0.1) is 0 Å². The van der Waals surface area contributed by atoms with Crippen molar-refractivity contribution in [3.63, 3.8) is 0 Å². The molecule has 1 fully saturated rings. The lowest BCUT2D eigenvalue weighted by molar-refractivity contribution is -0.0230. The molecule has 1 aliphatic rings. The first-order chi connectivity index (χ1) is 9.19. The number of nitrogens with one attached hydrogen (secondary N) is 1. The van der Waals surface area contributed by atoms with Crippen LogP contribution >= 0.6 is 6.42 Å². The van der Waals surface area contributed by atoms with E-state index in [2.05, 4.69) is 5.09 Å². The highest BCUT2D eigenvalue weighted by atomic mass is 32.4. The van der Waals surface area contributed by atoms with Crippen molar-refractivity contribution in [2.75, 3.05) is 13.7 Å². The maximum Gasteiger partial charge on any atom is 0.129 e.